The van der Waals surface area contributed by atoms with Crippen LogP contribution in [0.1, 0.15) is 38.5 Å². The van der Waals surface area contributed by atoms with Crippen LogP contribution in [0.25, 0.3) is 20.9 Å². The molecule has 0 amide bonds. The molecule has 0 aromatic heterocycles. The van der Waals surface area contributed by atoms with Gasteiger partial charge in [-0.3, -0.25) is 0 Å². The zero-order valence-corrected chi connectivity index (χ0v) is 11.6. The van der Waals surface area contributed by atoms with Gasteiger partial charge in [0.2, 0.25) is 0 Å². The monoisotopic (exact) mass is 294 g/mol. The summed E-state index contributed by atoms with van der Waals surface area (Å²) >= 11 is 0. The number of aliphatic hydroxyl groups excluding tert-OH is 1. The Labute approximate surface area is 121 Å². The fourth-order valence-corrected chi connectivity index (χ4v) is 3.65. The van der Waals surface area contributed by atoms with Gasteiger partial charge in [0, 0.05) is 22.7 Å². The third-order valence-electron chi connectivity index (χ3n) is 4.63. The predicted molar refractivity (Wildman–Crippen MR) is 72.1 cm³/mol. The molecular weight excluding hydrogens is 276 g/mol. The normalized spacial score (nSPS) is 40.9. The molecule has 0 unspecified atom stereocenters. The Bertz CT molecular complexity index is 495. The van der Waals surface area contributed by atoms with E-state index in [1.165, 1.54) is 0 Å². The van der Waals surface area contributed by atoms with E-state index < -0.39 is 36.2 Å². The zero-order valence-electron chi connectivity index (χ0n) is 11.6. The molecule has 0 aromatic rings. The second kappa shape index (κ2) is 5.71. The number of aliphatic hydroxyl groups is 1. The highest BCUT2D eigenvalue weighted by molar-refractivity contribution is 5.05. The maximum atomic E-state index is 10.4. The highest BCUT2D eigenvalue weighted by atomic mass is 16.8. The van der Waals surface area contributed by atoms with Gasteiger partial charge in [0.15, 0.2) is 5.79 Å². The molecule has 9 heteroatoms. The van der Waals surface area contributed by atoms with Crippen molar-refractivity contribution in [3.8, 4) is 0 Å². The number of ether oxygens (including phenoxy) is 2. The number of nitrogens with zero attached hydrogens (tertiary/aromatic N) is 6. The van der Waals surface area contributed by atoms with E-state index in [1.807, 2.05) is 0 Å². The third kappa shape index (κ3) is 2.54. The molecule has 3 fully saturated rings. The molecule has 9 nitrogen and oxygen atoms in total. The van der Waals surface area contributed by atoms with Crippen LogP contribution < -0.4 is 0 Å². The van der Waals surface area contributed by atoms with Crippen molar-refractivity contribution < 1.29 is 14.6 Å². The van der Waals surface area contributed by atoms with Crippen LogP contribution in [0.2, 0.25) is 0 Å². The van der Waals surface area contributed by atoms with Crippen molar-refractivity contribution in [3.63, 3.8) is 0 Å². The molecule has 3 rings (SSSR count). The molecule has 1 saturated heterocycles. The molecule has 0 radical (unpaired) electrons. The maximum absolute atomic E-state index is 10.4. The summed E-state index contributed by atoms with van der Waals surface area (Å²) in [7, 11) is 0. The minimum Gasteiger partial charge on any atom is -0.390 e. The molecule has 5 atom stereocenters. The highest BCUT2D eigenvalue weighted by Crippen LogP contribution is 2.45. The van der Waals surface area contributed by atoms with Crippen molar-refractivity contribution in [1.82, 2.24) is 0 Å². The van der Waals surface area contributed by atoms with Crippen molar-refractivity contribution >= 4 is 0 Å². The smallest absolute Gasteiger partial charge is 0.169 e. The van der Waals surface area contributed by atoms with Gasteiger partial charge >= 0.3 is 0 Å². The summed E-state index contributed by atoms with van der Waals surface area (Å²) in [5.74, 6) is -0.678. The Kier molecular flexibility index (Phi) is 3.93. The average Bonchev–Trinajstić information content (AvgIpc) is 2.85. The van der Waals surface area contributed by atoms with E-state index in [9.17, 15) is 5.11 Å². The summed E-state index contributed by atoms with van der Waals surface area (Å²) in [6, 6.07) is -1.14. The third-order valence-corrected chi connectivity index (χ3v) is 4.63. The maximum Gasteiger partial charge on any atom is 0.169 e. The minimum atomic E-state index is -0.933. The van der Waals surface area contributed by atoms with Gasteiger partial charge in [0.1, 0.15) is 6.10 Å². The van der Waals surface area contributed by atoms with Crippen molar-refractivity contribution in [2.45, 2.75) is 74.7 Å². The standard InChI is InChI=1S/C12H18N6O3/c13-17-15-7-6-8(16-18-14)10-11(9(7)19)21-12(20-10)4-2-1-3-5-12/h7-11,19H,1-6H2/t7-,8+,9+,10-,11-/m0/s1. The van der Waals surface area contributed by atoms with Crippen molar-refractivity contribution in [3.05, 3.63) is 20.9 Å². The molecule has 1 spiro atoms. The first-order valence-electron chi connectivity index (χ1n) is 7.31. The van der Waals surface area contributed by atoms with Crippen molar-refractivity contribution in [2.24, 2.45) is 10.2 Å². The first kappa shape index (κ1) is 14.4. The molecule has 3 aliphatic rings. The lowest BCUT2D eigenvalue weighted by atomic mass is 9.85. The average molecular weight is 294 g/mol. The fraction of sp³-hybridized carbons (Fsp3) is 1.00. The highest BCUT2D eigenvalue weighted by Gasteiger charge is 2.56. The predicted octanol–water partition coefficient (Wildman–Crippen LogP) is 2.55. The fourth-order valence-electron chi connectivity index (χ4n) is 3.65. The lowest BCUT2D eigenvalue weighted by molar-refractivity contribution is -0.199. The largest absolute Gasteiger partial charge is 0.390 e. The van der Waals surface area contributed by atoms with Crippen LogP contribution in [-0.2, 0) is 9.47 Å². The van der Waals surface area contributed by atoms with Crippen molar-refractivity contribution in [2.75, 3.05) is 0 Å². The van der Waals surface area contributed by atoms with Crippen LogP contribution in [0.4, 0.5) is 0 Å². The Balaban J connectivity index is 1.86. The first-order chi connectivity index (χ1) is 10.2. The molecule has 1 aliphatic heterocycles. The molecule has 21 heavy (non-hydrogen) atoms. The van der Waals surface area contributed by atoms with Crippen LogP contribution in [0.15, 0.2) is 10.2 Å². The minimum absolute atomic E-state index is 0.274. The van der Waals surface area contributed by atoms with Gasteiger partial charge in [-0.1, -0.05) is 16.6 Å². The molecule has 1 N–H and O–H groups in total. The second-order valence-electron chi connectivity index (χ2n) is 5.91. The summed E-state index contributed by atoms with van der Waals surface area (Å²) in [4.78, 5) is 5.60. The quantitative estimate of drug-likeness (QED) is 0.476. The number of hydrogen-bond donors (Lipinski definition) is 1. The zero-order chi connectivity index (χ0) is 14.9. The van der Waals surface area contributed by atoms with E-state index in [2.05, 4.69) is 20.1 Å². The Morgan fingerprint density at radius 2 is 1.57 bits per heavy atom. The van der Waals surface area contributed by atoms with Gasteiger partial charge in [0.05, 0.1) is 24.3 Å². The Hall–Kier alpha value is -1.50. The van der Waals surface area contributed by atoms with Gasteiger partial charge in [-0.15, -0.1) is 0 Å². The Morgan fingerprint density at radius 3 is 2.24 bits per heavy atom. The van der Waals surface area contributed by atoms with Crippen LogP contribution in [0, 0.1) is 0 Å². The Morgan fingerprint density at radius 1 is 0.952 bits per heavy atom. The van der Waals surface area contributed by atoms with Gasteiger partial charge in [-0.2, -0.15) is 0 Å². The van der Waals surface area contributed by atoms with Crippen LogP contribution in [0.5, 0.6) is 0 Å². The molecule has 2 saturated carbocycles. The van der Waals surface area contributed by atoms with E-state index in [-0.39, 0.29) is 6.42 Å². The number of azide groups is 2. The molecule has 1 heterocycles. The number of fused-ring (bicyclic) bond motifs is 1. The van der Waals surface area contributed by atoms with Gasteiger partial charge in [-0.25, -0.2) is 0 Å². The lowest BCUT2D eigenvalue weighted by Crippen LogP contribution is -2.53. The van der Waals surface area contributed by atoms with Gasteiger partial charge in [-0.05, 0) is 30.3 Å². The molecular formula is C12H18N6O3. The number of rotatable bonds is 2. The van der Waals surface area contributed by atoms with Crippen LogP contribution in [-0.4, -0.2) is 41.3 Å². The van der Waals surface area contributed by atoms with E-state index >= 15 is 0 Å². The van der Waals surface area contributed by atoms with Crippen LogP contribution in [0.3, 0.4) is 0 Å². The molecule has 0 bridgehead atoms. The number of hydrogen-bond acceptors (Lipinski definition) is 5. The van der Waals surface area contributed by atoms with Gasteiger partial charge in [0.25, 0.3) is 0 Å². The summed E-state index contributed by atoms with van der Waals surface area (Å²) in [6.07, 6.45) is 3.00. The van der Waals surface area contributed by atoms with Crippen molar-refractivity contribution in [1.29, 1.82) is 0 Å². The second-order valence-corrected chi connectivity index (χ2v) is 5.91. The van der Waals surface area contributed by atoms with Gasteiger partial charge < -0.3 is 14.6 Å². The van der Waals surface area contributed by atoms with E-state index in [0.29, 0.717) is 0 Å². The van der Waals surface area contributed by atoms with Crippen LogP contribution >= 0.6 is 0 Å². The van der Waals surface area contributed by atoms with E-state index in [4.69, 9.17) is 20.5 Å². The molecule has 0 aromatic carbocycles. The van der Waals surface area contributed by atoms with E-state index in [1.54, 1.807) is 0 Å². The topological polar surface area (TPSA) is 136 Å². The summed E-state index contributed by atoms with van der Waals surface area (Å²) in [5.41, 5.74) is 17.3. The summed E-state index contributed by atoms with van der Waals surface area (Å²) < 4.78 is 12.1. The summed E-state index contributed by atoms with van der Waals surface area (Å²) in [5, 5.41) is 17.7. The SMILES string of the molecule is [N-]=[N+]=N[C@H]1C[C@@H](N=[N+]=[N-])[C@@H]2OC3(CCCCC3)O[C@H]2[C@@H]1O. The summed E-state index contributed by atoms with van der Waals surface area (Å²) in [6.45, 7) is 0. The lowest BCUT2D eigenvalue weighted by Gasteiger charge is -2.35. The van der Waals surface area contributed by atoms with E-state index in [0.717, 1.165) is 32.1 Å². The first-order valence-corrected chi connectivity index (χ1v) is 7.31. The molecule has 2 aliphatic carbocycles. The molecule has 114 valence electrons.